The number of nitrogens with zero attached hydrogens (tertiary/aromatic N) is 2. The number of carboxylic acids is 1. The lowest BCUT2D eigenvalue weighted by Gasteiger charge is -2.11. The lowest BCUT2D eigenvalue weighted by Crippen LogP contribution is -2.12. The van der Waals surface area contributed by atoms with Gasteiger partial charge in [0, 0.05) is 6.54 Å². The second-order valence-electron chi connectivity index (χ2n) is 5.53. The minimum absolute atomic E-state index is 0.0687. The van der Waals surface area contributed by atoms with E-state index < -0.39 is 23.4 Å². The van der Waals surface area contributed by atoms with E-state index >= 15 is 0 Å². The summed E-state index contributed by atoms with van der Waals surface area (Å²) < 4.78 is 38.5. The fourth-order valence-corrected chi connectivity index (χ4v) is 2.66. The molecule has 2 aromatic carbocycles. The third-order valence-electron chi connectivity index (χ3n) is 3.64. The molecule has 3 rings (SSSR count). The molecule has 0 amide bonds. The van der Waals surface area contributed by atoms with Crippen molar-refractivity contribution in [2.24, 2.45) is 0 Å². The van der Waals surface area contributed by atoms with Crippen molar-refractivity contribution in [3.63, 3.8) is 0 Å². The molecule has 1 heterocycles. The molecule has 0 unspecified atom stereocenters. The Bertz CT molecular complexity index is 1040. The first-order valence-corrected chi connectivity index (χ1v) is 8.21. The Kier molecular flexibility index (Phi) is 5.12. The third kappa shape index (κ3) is 4.23. The third-order valence-corrected chi connectivity index (χ3v) is 4.38. The number of fused-ring (bicyclic) bond motifs is 1. The van der Waals surface area contributed by atoms with Gasteiger partial charge in [0.2, 0.25) is 0 Å². The van der Waals surface area contributed by atoms with Crippen LogP contribution in [0.3, 0.4) is 0 Å². The van der Waals surface area contributed by atoms with Gasteiger partial charge in [-0.1, -0.05) is 29.3 Å². The standard InChI is InChI=1S/C17H10Cl2F3N3O2/c18-10-3-1-8(5-11(10)19)7-23-15-14(16(26)27)24-13-6-9(17(20,21)22)2-4-12(13)25-15/h1-6H,7H2,(H,23,25)(H,26,27). The van der Waals surface area contributed by atoms with Crippen molar-refractivity contribution < 1.29 is 23.1 Å². The van der Waals surface area contributed by atoms with Gasteiger partial charge in [0.25, 0.3) is 0 Å². The molecule has 27 heavy (non-hydrogen) atoms. The van der Waals surface area contributed by atoms with Crippen LogP contribution in [0.2, 0.25) is 10.0 Å². The van der Waals surface area contributed by atoms with Gasteiger partial charge in [-0.3, -0.25) is 0 Å². The number of carbonyl (C=O) groups is 1. The van der Waals surface area contributed by atoms with Gasteiger partial charge < -0.3 is 10.4 Å². The zero-order valence-electron chi connectivity index (χ0n) is 13.3. The fourth-order valence-electron chi connectivity index (χ4n) is 2.34. The highest BCUT2D eigenvalue weighted by molar-refractivity contribution is 6.42. The highest BCUT2D eigenvalue weighted by atomic mass is 35.5. The molecular weight excluding hydrogens is 406 g/mol. The van der Waals surface area contributed by atoms with Crippen LogP contribution in [-0.4, -0.2) is 21.0 Å². The highest BCUT2D eigenvalue weighted by Gasteiger charge is 2.31. The number of benzene rings is 2. The van der Waals surface area contributed by atoms with E-state index in [4.69, 9.17) is 23.2 Å². The van der Waals surface area contributed by atoms with Gasteiger partial charge in [-0.25, -0.2) is 14.8 Å². The van der Waals surface area contributed by atoms with Crippen molar-refractivity contribution in [2.75, 3.05) is 5.32 Å². The second-order valence-corrected chi connectivity index (χ2v) is 6.34. The topological polar surface area (TPSA) is 75.1 Å². The average Bonchev–Trinajstić information content (AvgIpc) is 2.60. The normalized spacial score (nSPS) is 11.6. The van der Waals surface area contributed by atoms with Gasteiger partial charge in [0.15, 0.2) is 11.5 Å². The number of halogens is 5. The van der Waals surface area contributed by atoms with Crippen LogP contribution in [-0.2, 0) is 12.7 Å². The van der Waals surface area contributed by atoms with Gasteiger partial charge in [0.1, 0.15) is 0 Å². The van der Waals surface area contributed by atoms with Crippen LogP contribution in [0.1, 0.15) is 21.6 Å². The lowest BCUT2D eigenvalue weighted by atomic mass is 10.2. The average molecular weight is 416 g/mol. The number of rotatable bonds is 4. The molecule has 0 bridgehead atoms. The summed E-state index contributed by atoms with van der Waals surface area (Å²) >= 11 is 11.8. The summed E-state index contributed by atoms with van der Waals surface area (Å²) in [7, 11) is 0. The van der Waals surface area contributed by atoms with Crippen LogP contribution in [0.4, 0.5) is 19.0 Å². The zero-order valence-corrected chi connectivity index (χ0v) is 14.8. The minimum atomic E-state index is -4.57. The van der Waals surface area contributed by atoms with E-state index in [0.29, 0.717) is 15.6 Å². The number of nitrogens with one attached hydrogen (secondary N) is 1. The van der Waals surface area contributed by atoms with Crippen molar-refractivity contribution in [3.05, 3.63) is 63.3 Å². The van der Waals surface area contributed by atoms with E-state index in [1.165, 1.54) is 0 Å². The van der Waals surface area contributed by atoms with E-state index in [1.54, 1.807) is 18.2 Å². The van der Waals surface area contributed by atoms with Crippen LogP contribution in [0.15, 0.2) is 36.4 Å². The number of anilines is 1. The van der Waals surface area contributed by atoms with Crippen molar-refractivity contribution >= 4 is 46.0 Å². The summed E-state index contributed by atoms with van der Waals surface area (Å²) in [6.07, 6.45) is -4.57. The number of aromatic nitrogens is 2. The molecule has 5 nitrogen and oxygen atoms in total. The molecule has 3 aromatic rings. The van der Waals surface area contributed by atoms with Crippen LogP contribution in [0, 0.1) is 0 Å². The van der Waals surface area contributed by atoms with E-state index in [0.717, 1.165) is 18.2 Å². The number of carboxylic acid groups (broad SMARTS) is 1. The molecule has 10 heteroatoms. The van der Waals surface area contributed by atoms with Gasteiger partial charge >= 0.3 is 12.1 Å². The summed E-state index contributed by atoms with van der Waals surface area (Å²) in [6.45, 7) is 0.165. The highest BCUT2D eigenvalue weighted by Crippen LogP contribution is 2.31. The number of aromatic carboxylic acids is 1. The molecule has 0 fully saturated rings. The van der Waals surface area contributed by atoms with Gasteiger partial charge in [0.05, 0.1) is 26.6 Å². The number of hydrogen-bond acceptors (Lipinski definition) is 4. The first kappa shape index (κ1) is 19.2. The Labute approximate surface area is 160 Å². The Morgan fingerprint density at radius 1 is 1.04 bits per heavy atom. The fraction of sp³-hybridized carbons (Fsp3) is 0.118. The van der Waals surface area contributed by atoms with Crippen LogP contribution in [0.25, 0.3) is 11.0 Å². The van der Waals surface area contributed by atoms with E-state index in [9.17, 15) is 23.1 Å². The summed E-state index contributed by atoms with van der Waals surface area (Å²) in [5.74, 6) is -1.49. The zero-order chi connectivity index (χ0) is 19.8. The monoisotopic (exact) mass is 415 g/mol. The molecular formula is C17H10Cl2F3N3O2. The van der Waals surface area contributed by atoms with Crippen molar-refractivity contribution in [2.45, 2.75) is 12.7 Å². The summed E-state index contributed by atoms with van der Waals surface area (Å²) in [4.78, 5) is 19.4. The van der Waals surface area contributed by atoms with Gasteiger partial charge in [-0.2, -0.15) is 13.2 Å². The Morgan fingerprint density at radius 3 is 2.41 bits per heavy atom. The molecule has 0 aliphatic carbocycles. The molecule has 2 N–H and O–H groups in total. The number of alkyl halides is 3. The Balaban J connectivity index is 1.97. The predicted molar refractivity (Wildman–Crippen MR) is 95.3 cm³/mol. The van der Waals surface area contributed by atoms with E-state index in [-0.39, 0.29) is 23.4 Å². The first-order valence-electron chi connectivity index (χ1n) is 7.45. The largest absolute Gasteiger partial charge is 0.476 e. The molecule has 0 spiro atoms. The predicted octanol–water partition coefficient (Wildman–Crippen LogP) is 5.27. The van der Waals surface area contributed by atoms with Crippen molar-refractivity contribution in [1.29, 1.82) is 0 Å². The maximum Gasteiger partial charge on any atom is 0.416 e. The Hall–Kier alpha value is -2.58. The van der Waals surface area contributed by atoms with Crippen LogP contribution in [0.5, 0.6) is 0 Å². The minimum Gasteiger partial charge on any atom is -0.476 e. The van der Waals surface area contributed by atoms with Crippen molar-refractivity contribution in [1.82, 2.24) is 9.97 Å². The summed E-state index contributed by atoms with van der Waals surface area (Å²) in [6, 6.07) is 7.63. The SMILES string of the molecule is O=C(O)c1nc2cc(C(F)(F)F)ccc2nc1NCc1ccc(Cl)c(Cl)c1. The molecule has 140 valence electrons. The van der Waals surface area contributed by atoms with Crippen LogP contribution < -0.4 is 5.32 Å². The van der Waals surface area contributed by atoms with Gasteiger partial charge in [-0.15, -0.1) is 0 Å². The molecule has 0 aliphatic heterocycles. The summed E-state index contributed by atoms with van der Waals surface area (Å²) in [5.41, 5.74) is -0.749. The molecule has 0 atom stereocenters. The second kappa shape index (κ2) is 7.21. The van der Waals surface area contributed by atoms with Crippen molar-refractivity contribution in [3.8, 4) is 0 Å². The quantitative estimate of drug-likeness (QED) is 0.607. The smallest absolute Gasteiger partial charge is 0.416 e. The lowest BCUT2D eigenvalue weighted by molar-refractivity contribution is -0.137. The summed E-state index contributed by atoms with van der Waals surface area (Å²) in [5, 5.41) is 12.8. The molecule has 0 saturated heterocycles. The van der Waals surface area contributed by atoms with Crippen LogP contribution >= 0.6 is 23.2 Å². The van der Waals surface area contributed by atoms with E-state index in [1.807, 2.05) is 0 Å². The Morgan fingerprint density at radius 2 is 1.78 bits per heavy atom. The molecule has 1 aromatic heterocycles. The van der Waals surface area contributed by atoms with Gasteiger partial charge in [-0.05, 0) is 35.9 Å². The maximum atomic E-state index is 12.8. The molecule has 0 radical (unpaired) electrons. The first-order chi connectivity index (χ1) is 12.6. The number of hydrogen-bond donors (Lipinski definition) is 2. The van der Waals surface area contributed by atoms with E-state index in [2.05, 4.69) is 15.3 Å². The maximum absolute atomic E-state index is 12.8. The molecule has 0 aliphatic rings. The molecule has 0 saturated carbocycles.